The number of hydrogen-bond acceptors (Lipinski definition) is 2. The highest BCUT2D eigenvalue weighted by Crippen LogP contribution is 2.26. The van der Waals surface area contributed by atoms with E-state index in [1.807, 2.05) is 0 Å². The summed E-state index contributed by atoms with van der Waals surface area (Å²) in [7, 11) is 0. The van der Waals surface area contributed by atoms with Crippen molar-refractivity contribution in [3.8, 4) is 0 Å². The highest BCUT2D eigenvalue weighted by atomic mass is 35.5. The molecule has 0 aromatic heterocycles. The van der Waals surface area contributed by atoms with Crippen LogP contribution in [0.4, 0.5) is 0 Å². The van der Waals surface area contributed by atoms with Crippen molar-refractivity contribution in [1.82, 2.24) is 4.90 Å². The van der Waals surface area contributed by atoms with Crippen molar-refractivity contribution in [3.05, 3.63) is 33.8 Å². The van der Waals surface area contributed by atoms with Gasteiger partial charge in [0.25, 0.3) is 0 Å². The second-order valence-corrected chi connectivity index (χ2v) is 6.19. The first-order valence-electron chi connectivity index (χ1n) is 6.96. The molecule has 1 aliphatic heterocycles. The van der Waals surface area contributed by atoms with Gasteiger partial charge < -0.3 is 10.6 Å². The molecular weight excluding hydrogens is 311 g/mol. The van der Waals surface area contributed by atoms with E-state index >= 15 is 0 Å². The molecule has 0 radical (unpaired) electrons. The molecule has 6 heteroatoms. The van der Waals surface area contributed by atoms with Gasteiger partial charge in [-0.15, -0.1) is 0 Å². The number of nitrogens with zero attached hydrogens (tertiary/aromatic N) is 1. The Balaban J connectivity index is 1.92. The Labute approximate surface area is 134 Å². The number of halogens is 2. The normalized spacial score (nSPS) is 16.0. The number of rotatable bonds is 4. The number of likely N-dealkylation sites (tertiary alicyclic amines) is 1. The topological polar surface area (TPSA) is 63.4 Å². The van der Waals surface area contributed by atoms with E-state index in [1.165, 1.54) is 0 Å². The van der Waals surface area contributed by atoms with Crippen LogP contribution >= 0.6 is 23.2 Å². The average Bonchev–Trinajstić information content (AvgIpc) is 2.43. The number of hydrogen-bond donors (Lipinski definition) is 1. The van der Waals surface area contributed by atoms with Crippen LogP contribution in [-0.2, 0) is 16.0 Å². The molecule has 0 saturated carbocycles. The summed E-state index contributed by atoms with van der Waals surface area (Å²) in [6.07, 6.45) is 2.23. The molecule has 0 aliphatic carbocycles. The molecule has 2 amide bonds. The van der Waals surface area contributed by atoms with E-state index in [9.17, 15) is 9.59 Å². The third kappa shape index (κ3) is 4.35. The van der Waals surface area contributed by atoms with Crippen molar-refractivity contribution in [2.45, 2.75) is 25.7 Å². The third-order valence-electron chi connectivity index (χ3n) is 3.85. The van der Waals surface area contributed by atoms with Crippen LogP contribution in [0.3, 0.4) is 0 Å². The van der Waals surface area contributed by atoms with Crippen LogP contribution in [0.25, 0.3) is 0 Å². The van der Waals surface area contributed by atoms with Crippen molar-refractivity contribution in [3.63, 3.8) is 0 Å². The summed E-state index contributed by atoms with van der Waals surface area (Å²) in [6.45, 7) is 1.30. The molecule has 21 heavy (non-hydrogen) atoms. The minimum Gasteiger partial charge on any atom is -0.370 e. The van der Waals surface area contributed by atoms with Gasteiger partial charge in [-0.2, -0.15) is 0 Å². The largest absolute Gasteiger partial charge is 0.370 e. The zero-order valence-corrected chi connectivity index (χ0v) is 13.2. The van der Waals surface area contributed by atoms with E-state index in [2.05, 4.69) is 0 Å². The zero-order chi connectivity index (χ0) is 15.4. The molecule has 1 aromatic rings. The van der Waals surface area contributed by atoms with Crippen LogP contribution in [0.2, 0.25) is 10.0 Å². The number of primary amides is 1. The Morgan fingerprint density at radius 2 is 1.76 bits per heavy atom. The smallest absolute Gasteiger partial charge is 0.227 e. The molecule has 114 valence electrons. The van der Waals surface area contributed by atoms with Gasteiger partial charge in [-0.1, -0.05) is 29.3 Å². The molecule has 4 nitrogen and oxygen atoms in total. The van der Waals surface area contributed by atoms with Crippen LogP contribution in [0, 0.1) is 5.92 Å². The Kier molecular flexibility index (Phi) is 5.48. The molecule has 0 unspecified atom stereocenters. The van der Waals surface area contributed by atoms with Crippen LogP contribution < -0.4 is 5.73 Å². The highest BCUT2D eigenvalue weighted by molar-refractivity contribution is 6.36. The lowest BCUT2D eigenvalue weighted by Crippen LogP contribution is -2.40. The van der Waals surface area contributed by atoms with Crippen molar-refractivity contribution < 1.29 is 9.59 Å². The van der Waals surface area contributed by atoms with E-state index in [1.54, 1.807) is 23.1 Å². The molecule has 1 heterocycles. The number of benzene rings is 1. The maximum atomic E-state index is 12.3. The fourth-order valence-electron chi connectivity index (χ4n) is 2.64. The Morgan fingerprint density at radius 1 is 1.19 bits per heavy atom. The quantitative estimate of drug-likeness (QED) is 0.923. The van der Waals surface area contributed by atoms with E-state index < -0.39 is 0 Å². The van der Waals surface area contributed by atoms with Crippen LogP contribution in [0.15, 0.2) is 18.2 Å². The summed E-state index contributed by atoms with van der Waals surface area (Å²) in [5.74, 6) is 0.0283. The number of piperidine rings is 1. The number of nitrogens with two attached hydrogens (primary N) is 1. The van der Waals surface area contributed by atoms with Gasteiger partial charge >= 0.3 is 0 Å². The fourth-order valence-corrected chi connectivity index (χ4v) is 3.17. The van der Waals surface area contributed by atoms with Crippen molar-refractivity contribution in [2.75, 3.05) is 13.1 Å². The summed E-state index contributed by atoms with van der Waals surface area (Å²) in [5, 5.41) is 1.03. The lowest BCUT2D eigenvalue weighted by Gasteiger charge is -2.31. The van der Waals surface area contributed by atoms with Gasteiger partial charge in [-0.25, -0.2) is 0 Å². The zero-order valence-electron chi connectivity index (χ0n) is 11.6. The SMILES string of the molecule is NC(=O)CC1CCN(C(=O)Cc2c(Cl)cccc2Cl)CC1. The first-order chi connectivity index (χ1) is 9.97. The summed E-state index contributed by atoms with van der Waals surface area (Å²) < 4.78 is 0. The second kappa shape index (κ2) is 7.14. The molecule has 1 saturated heterocycles. The van der Waals surface area contributed by atoms with E-state index in [0.29, 0.717) is 35.1 Å². The predicted octanol–water partition coefficient (Wildman–Crippen LogP) is 2.65. The molecular formula is C15H18Cl2N2O2. The van der Waals surface area contributed by atoms with Crippen molar-refractivity contribution in [2.24, 2.45) is 11.7 Å². The minimum absolute atomic E-state index is 0.0162. The first kappa shape index (κ1) is 16.1. The van der Waals surface area contributed by atoms with Gasteiger partial charge in [-0.05, 0) is 36.5 Å². The fraction of sp³-hybridized carbons (Fsp3) is 0.467. The molecule has 1 aliphatic rings. The summed E-state index contributed by atoms with van der Waals surface area (Å²) in [5.41, 5.74) is 5.88. The maximum Gasteiger partial charge on any atom is 0.227 e. The molecule has 2 rings (SSSR count). The first-order valence-corrected chi connectivity index (χ1v) is 7.72. The molecule has 1 aromatic carbocycles. The van der Waals surface area contributed by atoms with Gasteiger partial charge in [0.05, 0.1) is 6.42 Å². The summed E-state index contributed by atoms with van der Waals surface area (Å²) in [4.78, 5) is 25.0. The number of amides is 2. The van der Waals surface area contributed by atoms with Crippen LogP contribution in [-0.4, -0.2) is 29.8 Å². The highest BCUT2D eigenvalue weighted by Gasteiger charge is 2.24. The van der Waals surface area contributed by atoms with E-state index in [0.717, 1.165) is 12.8 Å². The van der Waals surface area contributed by atoms with Crippen LogP contribution in [0.1, 0.15) is 24.8 Å². The second-order valence-electron chi connectivity index (χ2n) is 5.37. The van der Waals surface area contributed by atoms with E-state index in [-0.39, 0.29) is 24.2 Å². The van der Waals surface area contributed by atoms with Gasteiger partial charge in [0.15, 0.2) is 0 Å². The van der Waals surface area contributed by atoms with Crippen molar-refractivity contribution in [1.29, 1.82) is 0 Å². The minimum atomic E-state index is -0.275. The van der Waals surface area contributed by atoms with Gasteiger partial charge in [0, 0.05) is 29.6 Å². The average molecular weight is 329 g/mol. The number of carbonyl (C=O) groups excluding carboxylic acids is 2. The monoisotopic (exact) mass is 328 g/mol. The van der Waals surface area contributed by atoms with Crippen LogP contribution in [0.5, 0.6) is 0 Å². The van der Waals surface area contributed by atoms with E-state index in [4.69, 9.17) is 28.9 Å². The summed E-state index contributed by atoms with van der Waals surface area (Å²) >= 11 is 12.2. The Morgan fingerprint density at radius 3 is 2.29 bits per heavy atom. The summed E-state index contributed by atoms with van der Waals surface area (Å²) in [6, 6.07) is 5.22. The van der Waals surface area contributed by atoms with Gasteiger partial charge in [-0.3, -0.25) is 9.59 Å². The Bertz CT molecular complexity index is 520. The van der Waals surface area contributed by atoms with Gasteiger partial charge in [0.2, 0.25) is 11.8 Å². The molecule has 1 fully saturated rings. The predicted molar refractivity (Wildman–Crippen MR) is 83.3 cm³/mol. The molecule has 2 N–H and O–H groups in total. The van der Waals surface area contributed by atoms with Gasteiger partial charge in [0.1, 0.15) is 0 Å². The third-order valence-corrected chi connectivity index (χ3v) is 4.56. The number of carbonyl (C=O) groups is 2. The molecule has 0 bridgehead atoms. The maximum absolute atomic E-state index is 12.3. The lowest BCUT2D eigenvalue weighted by atomic mass is 9.93. The lowest BCUT2D eigenvalue weighted by molar-refractivity contribution is -0.131. The molecule has 0 atom stereocenters. The van der Waals surface area contributed by atoms with Crippen molar-refractivity contribution >= 4 is 35.0 Å². The Hall–Kier alpha value is -1.26. The molecule has 0 spiro atoms. The standard InChI is InChI=1S/C15H18Cl2N2O2/c16-12-2-1-3-13(17)11(12)9-15(21)19-6-4-10(5-7-19)8-14(18)20/h1-3,10H,4-9H2,(H2,18,20).